The van der Waals surface area contributed by atoms with Crippen molar-refractivity contribution in [2.24, 2.45) is 0 Å². The van der Waals surface area contributed by atoms with Gasteiger partial charge in [-0.1, -0.05) is 42.5 Å². The molecule has 1 rings (SSSR count). The molecule has 0 N–H and O–H groups in total. The summed E-state index contributed by atoms with van der Waals surface area (Å²) in [7, 11) is -40.0. The molecule has 0 aliphatic carbocycles. The summed E-state index contributed by atoms with van der Waals surface area (Å²) in [4.78, 5) is 0. The van der Waals surface area contributed by atoms with Crippen LogP contribution in [0.1, 0.15) is 12.0 Å². The van der Waals surface area contributed by atoms with Gasteiger partial charge in [0, 0.05) is 6.04 Å². The zero-order chi connectivity index (χ0) is 48.9. The maximum Gasteiger partial charge on any atom is 0.640 e. The van der Waals surface area contributed by atoms with Crippen molar-refractivity contribution in [1.82, 2.24) is 0 Å². The average molecular weight is 1090 g/mol. The minimum Gasteiger partial charge on any atom is -0.396 e. The molecule has 0 atom stereocenters. The number of hydrogen-bond acceptors (Lipinski definition) is 12. The Morgan fingerprint density at radius 1 is 0.306 bits per heavy atom. The van der Waals surface area contributed by atoms with Crippen molar-refractivity contribution in [2.75, 3.05) is 0 Å². The molecule has 0 radical (unpaired) electrons. The van der Waals surface area contributed by atoms with Crippen LogP contribution < -0.4 is 0 Å². The fourth-order valence-corrected chi connectivity index (χ4v) is 50.3. The number of rotatable bonds is 28. The van der Waals surface area contributed by atoms with Crippen LogP contribution in [0, 0.1) is 0 Å². The Labute approximate surface area is 394 Å². The molecule has 0 spiro atoms. The van der Waals surface area contributed by atoms with Crippen LogP contribution in [0.25, 0.3) is 6.08 Å². The van der Waals surface area contributed by atoms with Crippen LogP contribution in [0.2, 0.25) is 183 Å². The summed E-state index contributed by atoms with van der Waals surface area (Å²) in [5.41, 5.74) is 1.07. The second-order valence-electron chi connectivity index (χ2n) is 24.8. The monoisotopic (exact) mass is 1090 g/mol. The lowest BCUT2D eigenvalue weighted by Gasteiger charge is -2.50. The Morgan fingerprint density at radius 2 is 0.516 bits per heavy atom. The van der Waals surface area contributed by atoms with Crippen molar-refractivity contribution in [3.63, 3.8) is 0 Å². The van der Waals surface area contributed by atoms with Gasteiger partial charge in [0.15, 0.2) is 74.9 Å². The number of hydrogen-bond donors (Lipinski definition) is 0. The maximum absolute atomic E-state index is 7.92. The second kappa shape index (κ2) is 21.9. The maximum atomic E-state index is 7.92. The highest BCUT2D eigenvalue weighted by molar-refractivity contribution is 6.96. The van der Waals surface area contributed by atoms with E-state index >= 15 is 0 Å². The Balaban J connectivity index is 4.94. The smallest absolute Gasteiger partial charge is 0.396 e. The van der Waals surface area contributed by atoms with Crippen molar-refractivity contribution < 1.29 is 49.4 Å². The van der Waals surface area contributed by atoms with Crippen molar-refractivity contribution in [1.29, 1.82) is 0 Å². The van der Waals surface area contributed by atoms with Crippen LogP contribution in [-0.2, 0) is 49.4 Å². The van der Waals surface area contributed by atoms with Crippen LogP contribution in [0.3, 0.4) is 0 Å². The molecule has 0 amide bonds. The van der Waals surface area contributed by atoms with Gasteiger partial charge in [-0.3, -0.25) is 0 Å². The third kappa shape index (κ3) is 28.0. The van der Waals surface area contributed by atoms with Gasteiger partial charge < -0.3 is 49.4 Å². The van der Waals surface area contributed by atoms with Crippen molar-refractivity contribution in [2.45, 2.75) is 189 Å². The van der Waals surface area contributed by atoms with E-state index in [1.165, 1.54) is 0 Å². The lowest BCUT2D eigenvalue weighted by atomic mass is 10.2. The molecule has 0 bridgehead atoms. The molecule has 0 fully saturated rings. The van der Waals surface area contributed by atoms with Crippen molar-refractivity contribution in [3.8, 4) is 0 Å². The Morgan fingerprint density at radius 3 is 0.710 bits per heavy atom. The van der Waals surface area contributed by atoms with Gasteiger partial charge >= 0.3 is 35.9 Å². The van der Waals surface area contributed by atoms with E-state index in [9.17, 15) is 0 Å². The fourth-order valence-electron chi connectivity index (χ4n) is 5.58. The van der Waals surface area contributed by atoms with Gasteiger partial charge in [0.05, 0.1) is 0 Å². The topological polar surface area (TPSA) is 111 Å². The van der Waals surface area contributed by atoms with Crippen molar-refractivity contribution in [3.05, 3.63) is 42.0 Å². The highest BCUT2D eigenvalue weighted by atomic mass is 28.6. The quantitative estimate of drug-likeness (QED) is 0.0745. The van der Waals surface area contributed by atoms with E-state index in [4.69, 9.17) is 49.4 Å². The summed E-state index contributed by atoms with van der Waals surface area (Å²) < 4.78 is 89.6. The van der Waals surface area contributed by atoms with Gasteiger partial charge in [-0.2, -0.15) is 0 Å². The lowest BCUT2D eigenvalue weighted by Crippen LogP contribution is -2.76. The van der Waals surface area contributed by atoms with E-state index < -0.39 is 111 Å². The second-order valence-corrected chi connectivity index (χ2v) is 77.5. The summed E-state index contributed by atoms with van der Waals surface area (Å²) in [6, 6.07) is 10.5. The first-order valence-corrected chi connectivity index (χ1v) is 59.7. The molecule has 364 valence electrons. The molecule has 0 unspecified atom stereocenters. The van der Waals surface area contributed by atoms with Crippen LogP contribution in [0.15, 0.2) is 36.4 Å². The lowest BCUT2D eigenvalue weighted by molar-refractivity contribution is 0.0444. The Kier molecular flexibility index (Phi) is 21.7. The minimum atomic E-state index is -4.53. The Bertz CT molecular complexity index is 1280. The summed E-state index contributed by atoms with van der Waals surface area (Å²) in [5, 5.41) is 0. The molecular weight excluding hydrogens is 1000 g/mol. The van der Waals surface area contributed by atoms with E-state index in [2.05, 4.69) is 201 Å². The summed E-state index contributed by atoms with van der Waals surface area (Å²) in [6.45, 7) is 57.7. The van der Waals surface area contributed by atoms with Gasteiger partial charge in [-0.25, -0.2) is 0 Å². The predicted octanol–water partition coefficient (Wildman–Crippen LogP) is 13.0. The summed E-state index contributed by atoms with van der Waals surface area (Å²) >= 11 is 0. The first kappa shape index (κ1) is 61.3. The predicted molar refractivity (Wildman–Crippen MR) is 291 cm³/mol. The van der Waals surface area contributed by atoms with Crippen LogP contribution in [-0.4, -0.2) is 111 Å². The number of benzene rings is 1. The third-order valence-corrected chi connectivity index (χ3v) is 45.1. The molecule has 0 saturated carbocycles. The number of allylic oxidation sites excluding steroid dienone is 1. The SMILES string of the molecule is C[Si](C)(C)O[Si](O[Si](C)(C)C)(O[Si](C)(C)C)O[Si](CCC=Cc1ccccc1)(O[Si](O[Si](C)(C)C)(O[Si](C)(C)C)O[Si](C)(C)C)O[Si](O[Si](C)(C)C)(O[Si](C)(C)C)O[Si](C)(C)C. The molecule has 0 saturated heterocycles. The van der Waals surface area contributed by atoms with Gasteiger partial charge in [0.1, 0.15) is 0 Å². The normalized spacial score (nSPS) is 15.5. The highest BCUT2D eigenvalue weighted by Gasteiger charge is 2.70. The highest BCUT2D eigenvalue weighted by Crippen LogP contribution is 2.41. The van der Waals surface area contributed by atoms with Crippen LogP contribution in [0.5, 0.6) is 0 Å². The van der Waals surface area contributed by atoms with E-state index in [0.717, 1.165) is 5.56 Å². The first-order chi connectivity index (χ1) is 27.1. The molecule has 0 heterocycles. The molecule has 62 heavy (non-hydrogen) atoms. The van der Waals surface area contributed by atoms with E-state index in [1.807, 2.05) is 18.2 Å². The van der Waals surface area contributed by atoms with Gasteiger partial charge in [0.25, 0.3) is 0 Å². The molecule has 0 aromatic heterocycles. The van der Waals surface area contributed by atoms with Gasteiger partial charge in [-0.05, 0) is 189 Å². The van der Waals surface area contributed by atoms with E-state index in [0.29, 0.717) is 6.42 Å². The molecule has 12 nitrogen and oxygen atoms in total. The van der Waals surface area contributed by atoms with Crippen LogP contribution in [0.4, 0.5) is 0 Å². The van der Waals surface area contributed by atoms with Crippen LogP contribution >= 0.6 is 0 Å². The van der Waals surface area contributed by atoms with Gasteiger partial charge in [0.2, 0.25) is 0 Å². The van der Waals surface area contributed by atoms with Crippen molar-refractivity contribution >= 4 is 117 Å². The molecular formula is C37H92O12Si13. The minimum absolute atomic E-state index is 0.242. The largest absolute Gasteiger partial charge is 0.640 e. The standard InChI is InChI=1S/C37H92O12Si13/c1-50(2,3)38-60(39-51(4,5)6,40-52(7,8)9)47-59(36-32-31-35-37-33-29-28-30-34-37,48-61(41-53(10,11)12,42-54(13,14)15)43-55(16,17)18)49-62(44-56(19,20)21,45-57(22,23)24)46-58(25,26)27/h28-31,33-35H,32,36H2,1-27H3. The molecule has 0 aliphatic rings. The van der Waals surface area contributed by atoms with E-state index in [-0.39, 0.29) is 6.04 Å². The molecule has 1 aromatic carbocycles. The Hall–Kier alpha value is 1.30. The molecule has 25 heteroatoms. The zero-order valence-electron chi connectivity index (χ0n) is 44.4. The van der Waals surface area contributed by atoms with E-state index in [1.54, 1.807) is 0 Å². The zero-order valence-corrected chi connectivity index (χ0v) is 57.4. The third-order valence-electron chi connectivity index (χ3n) is 6.45. The average Bonchev–Trinajstić information content (AvgIpc) is 2.86. The van der Waals surface area contributed by atoms with Gasteiger partial charge in [-0.15, -0.1) is 0 Å². The first-order valence-electron chi connectivity index (χ1n) is 22.2. The molecule has 0 aliphatic heterocycles. The fraction of sp³-hybridized carbons (Fsp3) is 0.784. The summed E-state index contributed by atoms with van der Waals surface area (Å²) in [5.74, 6) is 0. The molecule has 1 aromatic rings. The summed E-state index contributed by atoms with van der Waals surface area (Å²) in [6.07, 6.45) is 4.73.